The molecule has 0 saturated heterocycles. The van der Waals surface area contributed by atoms with Gasteiger partial charge in [-0.05, 0) is 13.8 Å². The zero-order chi connectivity index (χ0) is 21.8. The summed E-state index contributed by atoms with van der Waals surface area (Å²) in [6.07, 6.45) is -1.39. The number of hydrogen-bond acceptors (Lipinski definition) is 7. The lowest BCUT2D eigenvalue weighted by Crippen LogP contribution is -2.19. The number of halogens is 3. The molecule has 1 aromatic carbocycles. The van der Waals surface area contributed by atoms with E-state index in [9.17, 15) is 18.0 Å². The van der Waals surface area contributed by atoms with Crippen molar-refractivity contribution in [3.63, 3.8) is 0 Å². The van der Waals surface area contributed by atoms with E-state index in [4.69, 9.17) is 14.2 Å². The van der Waals surface area contributed by atoms with Crippen LogP contribution >= 0.6 is 0 Å². The Morgan fingerprint density at radius 2 is 1.90 bits per heavy atom. The Hall–Kier alpha value is -3.30. The first-order valence-electron chi connectivity index (χ1n) is 9.05. The number of ether oxygens (including phenoxy) is 3. The van der Waals surface area contributed by atoms with Crippen molar-refractivity contribution < 1.29 is 32.2 Å². The van der Waals surface area contributed by atoms with Crippen LogP contribution in [-0.2, 0) is 25.4 Å². The Balaban J connectivity index is 2.00. The van der Waals surface area contributed by atoms with E-state index < -0.39 is 36.1 Å². The highest BCUT2D eigenvalue weighted by molar-refractivity contribution is 5.73. The number of esters is 1. The van der Waals surface area contributed by atoms with Crippen molar-refractivity contribution >= 4 is 11.8 Å². The number of carbonyl (C=O) groups is 1. The molecule has 2 heterocycles. The van der Waals surface area contributed by atoms with E-state index in [2.05, 4.69) is 15.3 Å². The van der Waals surface area contributed by atoms with Gasteiger partial charge in [0, 0.05) is 5.56 Å². The molecule has 0 aliphatic carbocycles. The van der Waals surface area contributed by atoms with Gasteiger partial charge in [-0.2, -0.15) is 0 Å². The van der Waals surface area contributed by atoms with Crippen LogP contribution in [0.15, 0.2) is 30.7 Å². The lowest BCUT2D eigenvalue weighted by molar-refractivity contribution is -0.139. The summed E-state index contributed by atoms with van der Waals surface area (Å²) in [4.78, 5) is 20.5. The summed E-state index contributed by atoms with van der Waals surface area (Å²) in [5.41, 5.74) is -0.0120. The standard InChI is InChI=1S/C20H20F3N3O4/c1-10(12-5-4-6-13(17(12)21)18(22)23)24-19-16(20-29-7-8-30-20)14(9-15(27)28-3)25-11(2)26-19/h4-8,10,18,20H,9H2,1-3H3,(H,24,25,26). The summed E-state index contributed by atoms with van der Waals surface area (Å²) in [5, 5.41) is 3.01. The number of nitrogens with one attached hydrogen (secondary N) is 1. The van der Waals surface area contributed by atoms with E-state index in [0.29, 0.717) is 17.1 Å². The van der Waals surface area contributed by atoms with Crippen LogP contribution in [0.2, 0.25) is 0 Å². The number of aromatic nitrogens is 2. The minimum atomic E-state index is -2.94. The number of carbonyl (C=O) groups excluding carboxylic acids is 1. The summed E-state index contributed by atoms with van der Waals surface area (Å²) in [5.74, 6) is -0.968. The third-order valence-electron chi connectivity index (χ3n) is 4.48. The van der Waals surface area contributed by atoms with E-state index in [1.165, 1.54) is 31.8 Å². The van der Waals surface area contributed by atoms with Gasteiger partial charge in [-0.1, -0.05) is 18.2 Å². The third kappa shape index (κ3) is 4.47. The molecule has 1 unspecified atom stereocenters. The molecular weight excluding hydrogens is 403 g/mol. The Labute approximate surface area is 170 Å². The van der Waals surface area contributed by atoms with Crippen LogP contribution in [0.1, 0.15) is 53.9 Å². The van der Waals surface area contributed by atoms with Crippen LogP contribution in [0, 0.1) is 12.7 Å². The van der Waals surface area contributed by atoms with Crippen LogP contribution in [0.4, 0.5) is 19.0 Å². The summed E-state index contributed by atoms with van der Waals surface area (Å²) in [7, 11) is 1.25. The molecule has 7 nitrogen and oxygen atoms in total. The quantitative estimate of drug-likeness (QED) is 0.666. The van der Waals surface area contributed by atoms with Crippen LogP contribution in [0.3, 0.4) is 0 Å². The van der Waals surface area contributed by atoms with Gasteiger partial charge in [0.1, 0.15) is 30.0 Å². The number of anilines is 1. The molecule has 0 spiro atoms. The zero-order valence-electron chi connectivity index (χ0n) is 16.5. The number of hydrogen-bond donors (Lipinski definition) is 1. The Kier molecular flexibility index (Phi) is 6.43. The van der Waals surface area contributed by atoms with Gasteiger partial charge < -0.3 is 19.5 Å². The fraction of sp³-hybridized carbons (Fsp3) is 0.350. The molecule has 1 aliphatic heterocycles. The van der Waals surface area contributed by atoms with Gasteiger partial charge in [0.2, 0.25) is 0 Å². The van der Waals surface area contributed by atoms with Crippen LogP contribution in [-0.4, -0.2) is 23.0 Å². The van der Waals surface area contributed by atoms with Gasteiger partial charge >= 0.3 is 5.97 Å². The first-order valence-corrected chi connectivity index (χ1v) is 9.05. The fourth-order valence-corrected chi connectivity index (χ4v) is 3.07. The highest BCUT2D eigenvalue weighted by atomic mass is 19.3. The highest BCUT2D eigenvalue weighted by Gasteiger charge is 2.29. The van der Waals surface area contributed by atoms with Crippen LogP contribution in [0.5, 0.6) is 0 Å². The fourth-order valence-electron chi connectivity index (χ4n) is 3.07. The number of benzene rings is 1. The first-order chi connectivity index (χ1) is 14.3. The topological polar surface area (TPSA) is 82.6 Å². The monoisotopic (exact) mass is 423 g/mol. The number of nitrogens with zero attached hydrogens (tertiary/aromatic N) is 2. The van der Waals surface area contributed by atoms with E-state index in [1.807, 2.05) is 0 Å². The molecular formula is C20H20F3N3O4. The summed E-state index contributed by atoms with van der Waals surface area (Å²) < 4.78 is 56.2. The maximum absolute atomic E-state index is 14.6. The molecule has 160 valence electrons. The molecule has 1 atom stereocenters. The zero-order valence-corrected chi connectivity index (χ0v) is 16.5. The molecule has 1 aliphatic rings. The second kappa shape index (κ2) is 9.02. The van der Waals surface area contributed by atoms with Crippen LogP contribution < -0.4 is 5.32 Å². The Morgan fingerprint density at radius 1 is 1.23 bits per heavy atom. The minimum absolute atomic E-state index is 0.0379. The SMILES string of the molecule is COC(=O)Cc1nc(C)nc(NC(C)c2cccc(C(F)F)c2F)c1C1OC=CO1. The van der Waals surface area contributed by atoms with E-state index in [-0.39, 0.29) is 17.8 Å². The average Bonchev–Trinajstić information content (AvgIpc) is 3.21. The lowest BCUT2D eigenvalue weighted by Gasteiger charge is -2.22. The van der Waals surface area contributed by atoms with Gasteiger partial charge in [0.15, 0.2) is 0 Å². The maximum Gasteiger partial charge on any atom is 0.311 e. The molecule has 3 rings (SSSR count). The van der Waals surface area contributed by atoms with E-state index >= 15 is 0 Å². The first kappa shape index (κ1) is 21.4. The Bertz CT molecular complexity index is 961. The molecule has 0 bridgehead atoms. The molecule has 30 heavy (non-hydrogen) atoms. The second-order valence-electron chi connectivity index (χ2n) is 6.53. The summed E-state index contributed by atoms with van der Waals surface area (Å²) in [6, 6.07) is 3.07. The normalized spacial score (nSPS) is 14.4. The third-order valence-corrected chi connectivity index (χ3v) is 4.48. The number of alkyl halides is 2. The minimum Gasteiger partial charge on any atom is -0.469 e. The van der Waals surface area contributed by atoms with Crippen molar-refractivity contribution in [2.24, 2.45) is 0 Å². The molecule has 0 saturated carbocycles. The molecule has 1 aromatic heterocycles. The molecule has 0 fully saturated rings. The van der Waals surface area contributed by atoms with Gasteiger partial charge in [-0.25, -0.2) is 23.1 Å². The Morgan fingerprint density at radius 3 is 2.53 bits per heavy atom. The average molecular weight is 423 g/mol. The van der Waals surface area contributed by atoms with Crippen molar-refractivity contribution in [1.29, 1.82) is 0 Å². The molecule has 2 aromatic rings. The maximum atomic E-state index is 14.6. The summed E-state index contributed by atoms with van der Waals surface area (Å²) >= 11 is 0. The predicted molar refractivity (Wildman–Crippen MR) is 99.9 cm³/mol. The van der Waals surface area contributed by atoms with Gasteiger partial charge in [-0.15, -0.1) is 0 Å². The number of methoxy groups -OCH3 is 1. The molecule has 0 amide bonds. The number of rotatable bonds is 7. The summed E-state index contributed by atoms with van der Waals surface area (Å²) in [6.45, 7) is 3.22. The van der Waals surface area contributed by atoms with Gasteiger partial charge in [-0.3, -0.25) is 4.79 Å². The van der Waals surface area contributed by atoms with Crippen molar-refractivity contribution in [1.82, 2.24) is 9.97 Å². The highest BCUT2D eigenvalue weighted by Crippen LogP contribution is 2.35. The second-order valence-corrected chi connectivity index (χ2v) is 6.53. The van der Waals surface area contributed by atoms with Crippen molar-refractivity contribution in [3.05, 3.63) is 64.7 Å². The lowest BCUT2D eigenvalue weighted by atomic mass is 10.0. The van der Waals surface area contributed by atoms with Gasteiger partial charge in [0.25, 0.3) is 12.7 Å². The number of aryl methyl sites for hydroxylation is 1. The van der Waals surface area contributed by atoms with E-state index in [1.54, 1.807) is 13.8 Å². The largest absolute Gasteiger partial charge is 0.469 e. The molecule has 10 heteroatoms. The van der Waals surface area contributed by atoms with Crippen molar-refractivity contribution in [2.75, 3.05) is 12.4 Å². The smallest absolute Gasteiger partial charge is 0.311 e. The van der Waals surface area contributed by atoms with Crippen molar-refractivity contribution in [3.8, 4) is 0 Å². The van der Waals surface area contributed by atoms with E-state index in [0.717, 1.165) is 6.07 Å². The van der Waals surface area contributed by atoms with Gasteiger partial charge in [0.05, 0.1) is 36.4 Å². The molecule has 1 N–H and O–H groups in total. The molecule has 0 radical (unpaired) electrons. The van der Waals surface area contributed by atoms with Crippen LogP contribution in [0.25, 0.3) is 0 Å². The van der Waals surface area contributed by atoms with Crippen molar-refractivity contribution in [2.45, 2.75) is 39.0 Å². The predicted octanol–water partition coefficient (Wildman–Crippen LogP) is 4.27.